The van der Waals surface area contributed by atoms with E-state index in [4.69, 9.17) is 28.9 Å². The number of benzene rings is 3. The number of hydrogen-bond donors (Lipinski definition) is 2. The van der Waals surface area contributed by atoms with Gasteiger partial charge in [0.1, 0.15) is 11.6 Å². The fourth-order valence-corrected chi connectivity index (χ4v) is 5.08. The summed E-state index contributed by atoms with van der Waals surface area (Å²) >= 11 is 12.6. The molecule has 3 aromatic carbocycles. The van der Waals surface area contributed by atoms with E-state index in [1.54, 1.807) is 17.2 Å². The van der Waals surface area contributed by atoms with Crippen LogP contribution in [0.1, 0.15) is 34.0 Å². The molecular weight excluding hydrogens is 483 g/mol. The number of aromatic nitrogens is 6. The van der Waals surface area contributed by atoms with Crippen molar-refractivity contribution in [1.29, 1.82) is 0 Å². The third-order valence-corrected chi connectivity index (χ3v) is 6.96. The molecule has 1 unspecified atom stereocenters. The maximum atomic E-state index is 7.28. The van der Waals surface area contributed by atoms with Crippen LogP contribution in [0.25, 0.3) is 0 Å². The topological polar surface area (TPSA) is 99.5 Å². The molecule has 0 fully saturated rings. The highest BCUT2D eigenvalue weighted by molar-refractivity contribution is 6.30. The van der Waals surface area contributed by atoms with Gasteiger partial charge in [0, 0.05) is 28.3 Å². The summed E-state index contributed by atoms with van der Waals surface area (Å²) in [6.45, 7) is 0. The van der Waals surface area contributed by atoms with Crippen molar-refractivity contribution < 1.29 is 0 Å². The van der Waals surface area contributed by atoms with Gasteiger partial charge in [0.15, 0.2) is 0 Å². The summed E-state index contributed by atoms with van der Waals surface area (Å²) in [5.74, 6) is 0.554. The number of tetrazole rings is 1. The maximum Gasteiger partial charge on any atom is 0.248 e. The predicted molar refractivity (Wildman–Crippen MR) is 135 cm³/mol. The van der Waals surface area contributed by atoms with E-state index in [1.807, 2.05) is 72.3 Å². The number of fused-ring (bicyclic) bond motifs is 2. The standard InChI is InChI=1S/C25H20Cl2N8/c1-34-14-29-13-22(34)25(28,16-5-8-18(26)9-6-16)17-7-10-21-20(12-17)23(15-3-2-4-19(27)11-15)35-24(30-21)31-32-33-35/h2-14,23H,28H2,1H3,(H,30,31,33)/t23?,25-/m1/s1. The molecule has 0 aliphatic carbocycles. The molecule has 35 heavy (non-hydrogen) atoms. The molecule has 0 spiro atoms. The van der Waals surface area contributed by atoms with Gasteiger partial charge in [-0.3, -0.25) is 0 Å². The van der Waals surface area contributed by atoms with Crippen LogP contribution in [0.3, 0.4) is 0 Å². The number of nitrogens with two attached hydrogens (primary N) is 1. The summed E-state index contributed by atoms with van der Waals surface area (Å²) in [5, 5.41) is 16.9. The van der Waals surface area contributed by atoms with Gasteiger partial charge in [-0.15, -0.1) is 0 Å². The van der Waals surface area contributed by atoms with Gasteiger partial charge in [-0.05, 0) is 63.5 Å². The molecule has 0 amide bonds. The smallest absolute Gasteiger partial charge is 0.248 e. The summed E-state index contributed by atoms with van der Waals surface area (Å²) in [4.78, 5) is 4.34. The van der Waals surface area contributed by atoms with E-state index in [1.165, 1.54) is 0 Å². The monoisotopic (exact) mass is 502 g/mol. The van der Waals surface area contributed by atoms with E-state index in [0.29, 0.717) is 16.0 Å². The first-order chi connectivity index (χ1) is 16.9. The van der Waals surface area contributed by atoms with Gasteiger partial charge in [-0.2, -0.15) is 4.68 Å². The first kappa shape index (κ1) is 21.8. The predicted octanol–water partition coefficient (Wildman–Crippen LogP) is 4.66. The van der Waals surface area contributed by atoms with Crippen LogP contribution in [0.5, 0.6) is 0 Å². The van der Waals surface area contributed by atoms with Crippen LogP contribution in [0.2, 0.25) is 10.0 Å². The van der Waals surface area contributed by atoms with Crippen LogP contribution in [-0.2, 0) is 12.6 Å². The molecule has 10 heteroatoms. The van der Waals surface area contributed by atoms with E-state index in [9.17, 15) is 0 Å². The van der Waals surface area contributed by atoms with Gasteiger partial charge >= 0.3 is 0 Å². The van der Waals surface area contributed by atoms with Gasteiger partial charge in [-0.25, -0.2) is 4.98 Å². The zero-order chi connectivity index (χ0) is 24.2. The molecule has 174 valence electrons. The van der Waals surface area contributed by atoms with Gasteiger partial charge < -0.3 is 15.6 Å². The van der Waals surface area contributed by atoms with E-state index in [2.05, 4.69) is 31.9 Å². The molecule has 1 aliphatic heterocycles. The van der Waals surface area contributed by atoms with Crippen molar-refractivity contribution >= 4 is 34.8 Å². The number of nitrogens with zero attached hydrogens (tertiary/aromatic N) is 6. The Bertz CT molecular complexity index is 1540. The van der Waals surface area contributed by atoms with Crippen molar-refractivity contribution in [3.63, 3.8) is 0 Å². The Kier molecular flexibility index (Phi) is 5.10. The summed E-state index contributed by atoms with van der Waals surface area (Å²) in [6.07, 6.45) is 3.54. The Morgan fingerprint density at radius 2 is 1.77 bits per heavy atom. The SMILES string of the molecule is Cn1cncc1[C@@](N)(c1ccc(Cl)cc1)c1ccc2c(c1)C(c1cccc(Cl)c1)n1nnnc1N2. The summed E-state index contributed by atoms with van der Waals surface area (Å²) in [5.41, 5.74) is 11.7. The Hall–Kier alpha value is -3.72. The van der Waals surface area contributed by atoms with Gasteiger partial charge in [0.25, 0.3) is 0 Å². The molecule has 2 atom stereocenters. The second-order valence-corrected chi connectivity index (χ2v) is 9.41. The quantitative estimate of drug-likeness (QED) is 0.363. The van der Waals surface area contributed by atoms with Gasteiger partial charge in [0.05, 0.1) is 18.2 Å². The molecule has 5 aromatic rings. The molecule has 1 aliphatic rings. The highest BCUT2D eigenvalue weighted by atomic mass is 35.5. The molecule has 2 aromatic heterocycles. The van der Waals surface area contributed by atoms with Crippen molar-refractivity contribution in [3.8, 4) is 0 Å². The van der Waals surface area contributed by atoms with Crippen molar-refractivity contribution in [2.24, 2.45) is 12.8 Å². The number of halogens is 2. The van der Waals surface area contributed by atoms with Crippen molar-refractivity contribution in [3.05, 3.63) is 117 Å². The molecule has 8 nitrogen and oxygen atoms in total. The lowest BCUT2D eigenvalue weighted by Crippen LogP contribution is -2.41. The Balaban J connectivity index is 1.58. The Labute approximate surface area is 211 Å². The summed E-state index contributed by atoms with van der Waals surface area (Å²) < 4.78 is 3.68. The first-order valence-electron chi connectivity index (χ1n) is 10.9. The average molecular weight is 503 g/mol. The molecule has 3 heterocycles. The lowest BCUT2D eigenvalue weighted by molar-refractivity contribution is 0.563. The third-order valence-electron chi connectivity index (χ3n) is 6.47. The molecule has 6 rings (SSSR count). The molecule has 3 N–H and O–H groups in total. The highest BCUT2D eigenvalue weighted by Crippen LogP contribution is 2.42. The van der Waals surface area contributed by atoms with E-state index >= 15 is 0 Å². The normalized spacial score (nSPS) is 16.2. The molecule has 0 radical (unpaired) electrons. The minimum absolute atomic E-state index is 0.295. The molecule has 0 saturated carbocycles. The largest absolute Gasteiger partial charge is 0.336 e. The van der Waals surface area contributed by atoms with Crippen molar-refractivity contribution in [2.45, 2.75) is 11.6 Å². The van der Waals surface area contributed by atoms with E-state index < -0.39 is 5.54 Å². The zero-order valence-electron chi connectivity index (χ0n) is 18.6. The fraction of sp³-hybridized carbons (Fsp3) is 0.120. The Morgan fingerprint density at radius 1 is 0.971 bits per heavy atom. The summed E-state index contributed by atoms with van der Waals surface area (Å²) in [6, 6.07) is 21.1. The van der Waals surface area contributed by atoms with Crippen molar-refractivity contribution in [1.82, 2.24) is 29.8 Å². The van der Waals surface area contributed by atoms with Crippen LogP contribution in [0.15, 0.2) is 79.3 Å². The first-order valence-corrected chi connectivity index (χ1v) is 11.7. The Morgan fingerprint density at radius 3 is 2.51 bits per heavy atom. The number of imidazole rings is 1. The second kappa shape index (κ2) is 8.20. The van der Waals surface area contributed by atoms with Gasteiger partial charge in [0.2, 0.25) is 5.95 Å². The maximum absolute atomic E-state index is 7.28. The van der Waals surface area contributed by atoms with Crippen LogP contribution in [-0.4, -0.2) is 29.8 Å². The minimum Gasteiger partial charge on any atom is -0.336 e. The van der Waals surface area contributed by atoms with Gasteiger partial charge in [-0.1, -0.05) is 58.6 Å². The highest BCUT2D eigenvalue weighted by Gasteiger charge is 2.37. The van der Waals surface area contributed by atoms with E-state index in [0.717, 1.165) is 33.6 Å². The third kappa shape index (κ3) is 3.49. The lowest BCUT2D eigenvalue weighted by atomic mass is 9.79. The summed E-state index contributed by atoms with van der Waals surface area (Å²) in [7, 11) is 1.93. The molecule has 0 saturated heterocycles. The van der Waals surface area contributed by atoms with Crippen LogP contribution in [0, 0.1) is 0 Å². The van der Waals surface area contributed by atoms with E-state index in [-0.39, 0.29) is 6.04 Å². The number of nitrogens with one attached hydrogen (secondary N) is 1. The second-order valence-electron chi connectivity index (χ2n) is 8.54. The number of aryl methyl sites for hydroxylation is 1. The lowest BCUT2D eigenvalue weighted by Gasteiger charge is -2.34. The minimum atomic E-state index is -0.995. The van der Waals surface area contributed by atoms with Crippen LogP contribution < -0.4 is 11.1 Å². The van der Waals surface area contributed by atoms with Crippen LogP contribution >= 0.6 is 23.2 Å². The van der Waals surface area contributed by atoms with Crippen molar-refractivity contribution in [2.75, 3.05) is 5.32 Å². The number of hydrogen-bond acceptors (Lipinski definition) is 6. The zero-order valence-corrected chi connectivity index (χ0v) is 20.1. The molecular formula is C25H20Cl2N8. The number of rotatable bonds is 4. The van der Waals surface area contributed by atoms with Crippen LogP contribution in [0.4, 0.5) is 11.6 Å². The fourth-order valence-electron chi connectivity index (χ4n) is 4.76. The molecule has 0 bridgehead atoms. The average Bonchev–Trinajstić information content (AvgIpc) is 3.51. The number of anilines is 2.